The van der Waals surface area contributed by atoms with Gasteiger partial charge < -0.3 is 15.2 Å². The Bertz CT molecular complexity index is 581. The Morgan fingerprint density at radius 1 is 1.48 bits per heavy atom. The summed E-state index contributed by atoms with van der Waals surface area (Å²) in [6.07, 6.45) is 3.15. The summed E-state index contributed by atoms with van der Waals surface area (Å²) < 4.78 is 19.2. The van der Waals surface area contributed by atoms with Gasteiger partial charge >= 0.3 is 5.97 Å². The normalized spacial score (nSPS) is 15.7. The predicted octanol–water partition coefficient (Wildman–Crippen LogP) is 1.97. The highest BCUT2D eigenvalue weighted by atomic mass is 19.1. The summed E-state index contributed by atoms with van der Waals surface area (Å²) in [6, 6.07) is 4.34. The molecule has 6 heteroatoms. The molecule has 0 aliphatic heterocycles. The van der Waals surface area contributed by atoms with Gasteiger partial charge in [0.2, 0.25) is 0 Å². The van der Waals surface area contributed by atoms with Crippen molar-refractivity contribution in [3.8, 4) is 5.75 Å². The van der Waals surface area contributed by atoms with Gasteiger partial charge in [0, 0.05) is 17.7 Å². The SMILES string of the molecule is CC(Oc1c(F)cccc1/C=C/C(=O)O)C(=O)NC1CC1. The second-order valence-corrected chi connectivity index (χ2v) is 4.87. The average molecular weight is 293 g/mol. The van der Waals surface area contributed by atoms with Crippen molar-refractivity contribution in [1.29, 1.82) is 0 Å². The summed E-state index contributed by atoms with van der Waals surface area (Å²) in [5.74, 6) is -2.24. The molecule has 2 N–H and O–H groups in total. The lowest BCUT2D eigenvalue weighted by Crippen LogP contribution is -2.37. The van der Waals surface area contributed by atoms with E-state index >= 15 is 0 Å². The number of nitrogens with one attached hydrogen (secondary N) is 1. The molecule has 0 saturated heterocycles. The van der Waals surface area contributed by atoms with Gasteiger partial charge in [0.05, 0.1) is 0 Å². The van der Waals surface area contributed by atoms with E-state index in [4.69, 9.17) is 9.84 Å². The van der Waals surface area contributed by atoms with Crippen LogP contribution >= 0.6 is 0 Å². The maximum Gasteiger partial charge on any atom is 0.328 e. The first-order valence-corrected chi connectivity index (χ1v) is 6.64. The summed E-state index contributed by atoms with van der Waals surface area (Å²) in [5, 5.41) is 11.4. The van der Waals surface area contributed by atoms with Gasteiger partial charge in [-0.15, -0.1) is 0 Å². The number of para-hydroxylation sites is 1. The molecule has 5 nitrogen and oxygen atoms in total. The zero-order chi connectivity index (χ0) is 15.4. The Hall–Kier alpha value is -2.37. The summed E-state index contributed by atoms with van der Waals surface area (Å²) in [6.45, 7) is 1.52. The van der Waals surface area contributed by atoms with E-state index < -0.39 is 17.9 Å². The molecule has 2 rings (SSSR count). The highest BCUT2D eigenvalue weighted by molar-refractivity contribution is 5.86. The molecule has 1 aliphatic rings. The minimum Gasteiger partial charge on any atom is -0.478 e. The minimum atomic E-state index is -1.15. The highest BCUT2D eigenvalue weighted by Gasteiger charge is 2.27. The fourth-order valence-electron chi connectivity index (χ4n) is 1.72. The molecule has 21 heavy (non-hydrogen) atoms. The lowest BCUT2D eigenvalue weighted by molar-refractivity contribution is -0.131. The van der Waals surface area contributed by atoms with Crippen LogP contribution in [0.1, 0.15) is 25.3 Å². The molecule has 0 radical (unpaired) electrons. The van der Waals surface area contributed by atoms with Crippen molar-refractivity contribution in [2.75, 3.05) is 0 Å². The van der Waals surface area contributed by atoms with Crippen molar-refractivity contribution in [3.05, 3.63) is 35.7 Å². The second-order valence-electron chi connectivity index (χ2n) is 4.87. The van der Waals surface area contributed by atoms with E-state index in [1.165, 1.54) is 31.2 Å². The molecule has 0 spiro atoms. The van der Waals surface area contributed by atoms with Crippen molar-refractivity contribution in [3.63, 3.8) is 0 Å². The molecular weight excluding hydrogens is 277 g/mol. The van der Waals surface area contributed by atoms with Gasteiger partial charge in [-0.05, 0) is 31.9 Å². The van der Waals surface area contributed by atoms with E-state index in [-0.39, 0.29) is 23.3 Å². The lowest BCUT2D eigenvalue weighted by Gasteiger charge is -2.16. The van der Waals surface area contributed by atoms with Gasteiger partial charge in [0.1, 0.15) is 0 Å². The van der Waals surface area contributed by atoms with Gasteiger partial charge in [0.15, 0.2) is 17.7 Å². The number of hydrogen-bond acceptors (Lipinski definition) is 3. The van der Waals surface area contributed by atoms with Crippen LogP contribution in [0.25, 0.3) is 6.08 Å². The van der Waals surface area contributed by atoms with E-state index in [0.29, 0.717) is 0 Å². The molecule has 1 aromatic carbocycles. The molecule has 1 saturated carbocycles. The van der Waals surface area contributed by atoms with Gasteiger partial charge in [-0.25, -0.2) is 9.18 Å². The third-order valence-corrected chi connectivity index (χ3v) is 2.99. The fourth-order valence-corrected chi connectivity index (χ4v) is 1.72. The van der Waals surface area contributed by atoms with Crippen molar-refractivity contribution in [1.82, 2.24) is 5.32 Å². The van der Waals surface area contributed by atoms with Gasteiger partial charge in [-0.2, -0.15) is 0 Å². The van der Waals surface area contributed by atoms with Crippen molar-refractivity contribution in [2.45, 2.75) is 31.9 Å². The number of halogens is 1. The Morgan fingerprint density at radius 3 is 2.81 bits per heavy atom. The number of carboxylic acids is 1. The van der Waals surface area contributed by atoms with Gasteiger partial charge in [0.25, 0.3) is 5.91 Å². The van der Waals surface area contributed by atoms with Crippen LogP contribution in [0.15, 0.2) is 24.3 Å². The summed E-state index contributed by atoms with van der Waals surface area (Å²) in [7, 11) is 0. The first-order chi connectivity index (χ1) is 9.97. The average Bonchev–Trinajstić information content (AvgIpc) is 3.23. The Balaban J connectivity index is 2.13. The van der Waals surface area contributed by atoms with Crippen molar-refractivity contribution < 1.29 is 23.8 Å². The van der Waals surface area contributed by atoms with Gasteiger partial charge in [-0.1, -0.05) is 12.1 Å². The molecule has 1 aromatic rings. The first kappa shape index (κ1) is 15.0. The number of amides is 1. The molecule has 1 amide bonds. The standard InChI is InChI=1S/C15H16FNO4/c1-9(15(20)17-11-6-7-11)21-14-10(5-8-13(18)19)3-2-4-12(14)16/h2-5,8-9,11H,6-7H2,1H3,(H,17,20)(H,18,19)/b8-5+. The topological polar surface area (TPSA) is 75.6 Å². The number of hydrogen-bond donors (Lipinski definition) is 2. The number of benzene rings is 1. The number of carboxylic acid groups (broad SMARTS) is 1. The second kappa shape index (κ2) is 6.39. The van der Waals surface area contributed by atoms with Crippen LogP contribution in [0.3, 0.4) is 0 Å². The third-order valence-electron chi connectivity index (χ3n) is 2.99. The van der Waals surface area contributed by atoms with Crippen LogP contribution in [-0.4, -0.2) is 29.1 Å². The summed E-state index contributed by atoms with van der Waals surface area (Å²) in [4.78, 5) is 22.4. The number of ether oxygens (including phenoxy) is 1. The van der Waals surface area contributed by atoms with E-state index in [9.17, 15) is 14.0 Å². The number of rotatable bonds is 6. The molecule has 1 fully saturated rings. The number of carbonyl (C=O) groups excluding carboxylic acids is 1. The van der Waals surface area contributed by atoms with Crippen LogP contribution in [0, 0.1) is 5.82 Å². The zero-order valence-corrected chi connectivity index (χ0v) is 11.5. The lowest BCUT2D eigenvalue weighted by atomic mass is 10.1. The molecular formula is C15H16FNO4. The quantitative estimate of drug-likeness (QED) is 0.786. The molecule has 1 aliphatic carbocycles. The predicted molar refractivity (Wildman–Crippen MR) is 74.3 cm³/mol. The third kappa shape index (κ3) is 4.30. The van der Waals surface area contributed by atoms with E-state index in [1.807, 2.05) is 0 Å². The van der Waals surface area contributed by atoms with Crippen molar-refractivity contribution >= 4 is 18.0 Å². The number of carbonyl (C=O) groups is 2. The van der Waals surface area contributed by atoms with Crippen LogP contribution in [0.2, 0.25) is 0 Å². The Morgan fingerprint density at radius 2 is 2.19 bits per heavy atom. The summed E-state index contributed by atoms with van der Waals surface area (Å²) >= 11 is 0. The highest BCUT2D eigenvalue weighted by Crippen LogP contribution is 2.25. The fraction of sp³-hybridized carbons (Fsp3) is 0.333. The van der Waals surface area contributed by atoms with E-state index in [1.54, 1.807) is 0 Å². The Kier molecular flexibility index (Phi) is 4.57. The smallest absolute Gasteiger partial charge is 0.328 e. The molecule has 1 atom stereocenters. The van der Waals surface area contributed by atoms with Crippen LogP contribution in [0.5, 0.6) is 5.75 Å². The molecule has 0 heterocycles. The largest absolute Gasteiger partial charge is 0.478 e. The molecule has 1 unspecified atom stereocenters. The molecule has 0 aromatic heterocycles. The van der Waals surface area contributed by atoms with E-state index in [0.717, 1.165) is 18.9 Å². The minimum absolute atomic E-state index is 0.131. The first-order valence-electron chi connectivity index (χ1n) is 6.64. The summed E-state index contributed by atoms with van der Waals surface area (Å²) in [5.41, 5.74) is 0.267. The van der Waals surface area contributed by atoms with Crippen LogP contribution in [-0.2, 0) is 9.59 Å². The zero-order valence-electron chi connectivity index (χ0n) is 11.5. The van der Waals surface area contributed by atoms with Gasteiger partial charge in [-0.3, -0.25) is 4.79 Å². The monoisotopic (exact) mass is 293 g/mol. The van der Waals surface area contributed by atoms with Crippen molar-refractivity contribution in [2.24, 2.45) is 0 Å². The molecule has 112 valence electrons. The van der Waals surface area contributed by atoms with Crippen LogP contribution < -0.4 is 10.1 Å². The van der Waals surface area contributed by atoms with E-state index in [2.05, 4.69) is 5.32 Å². The van der Waals surface area contributed by atoms with Crippen LogP contribution in [0.4, 0.5) is 4.39 Å². The molecule has 0 bridgehead atoms. The maximum atomic E-state index is 13.8. The Labute approximate surface area is 121 Å². The maximum absolute atomic E-state index is 13.8. The number of aliphatic carboxylic acids is 1.